The molecule has 4 nitrogen and oxygen atoms in total. The summed E-state index contributed by atoms with van der Waals surface area (Å²) >= 11 is 0. The zero-order chi connectivity index (χ0) is 16.4. The van der Waals surface area contributed by atoms with Gasteiger partial charge in [0, 0.05) is 5.56 Å². The maximum Gasteiger partial charge on any atom is 0.375 e. The molecule has 118 valence electrons. The molecule has 0 atom stereocenters. The highest BCUT2D eigenvalue weighted by atomic mass is 19.1. The Labute approximate surface area is 131 Å². The number of nitrogens with zero attached hydrogens (tertiary/aromatic N) is 1. The van der Waals surface area contributed by atoms with Gasteiger partial charge in [-0.25, -0.2) is 13.6 Å². The molecule has 0 N–H and O–H groups in total. The van der Waals surface area contributed by atoms with Crippen LogP contribution in [0.5, 0.6) is 5.75 Å². The molecule has 3 rings (SSSR count). The monoisotopic (exact) mass is 317 g/mol. The van der Waals surface area contributed by atoms with Crippen molar-refractivity contribution >= 4 is 11.7 Å². The van der Waals surface area contributed by atoms with Crippen LogP contribution in [0.15, 0.2) is 54.4 Å². The Morgan fingerprint density at radius 2 is 1.87 bits per heavy atom. The fraction of sp³-hybridized carbons (Fsp3) is 0.118. The first-order valence-electron chi connectivity index (χ1n) is 6.86. The number of methoxy groups -OCH3 is 1. The Hall–Kier alpha value is -2.89. The van der Waals surface area contributed by atoms with Crippen LogP contribution in [0, 0.1) is 11.6 Å². The molecule has 0 amide bonds. The third kappa shape index (κ3) is 2.88. The molecule has 1 heterocycles. The first-order chi connectivity index (χ1) is 11.1. The van der Waals surface area contributed by atoms with Crippen LogP contribution in [0.4, 0.5) is 14.5 Å². The molecule has 0 bridgehead atoms. The number of carbonyl (C=O) groups excluding carboxylic acids is 1. The summed E-state index contributed by atoms with van der Waals surface area (Å²) in [6.45, 7) is 0.118. The van der Waals surface area contributed by atoms with Crippen LogP contribution in [0.1, 0.15) is 5.56 Å². The van der Waals surface area contributed by atoms with Crippen molar-refractivity contribution in [1.82, 2.24) is 0 Å². The highest BCUT2D eigenvalue weighted by Gasteiger charge is 2.27. The lowest BCUT2D eigenvalue weighted by molar-refractivity contribution is -0.138. The molecule has 1 aliphatic heterocycles. The molecule has 0 aliphatic carbocycles. The molecule has 6 heteroatoms. The number of rotatable bonds is 3. The van der Waals surface area contributed by atoms with E-state index >= 15 is 0 Å². The van der Waals surface area contributed by atoms with Crippen molar-refractivity contribution < 1.29 is 23.0 Å². The number of halogens is 2. The molecule has 0 fully saturated rings. The van der Waals surface area contributed by atoms with Crippen LogP contribution in [0.2, 0.25) is 0 Å². The van der Waals surface area contributed by atoms with Gasteiger partial charge in [0.2, 0.25) is 5.76 Å². The molecular weight excluding hydrogens is 304 g/mol. The normalized spacial score (nSPS) is 13.0. The van der Waals surface area contributed by atoms with Gasteiger partial charge in [-0.1, -0.05) is 24.3 Å². The van der Waals surface area contributed by atoms with Crippen molar-refractivity contribution in [3.63, 3.8) is 0 Å². The predicted octanol–water partition coefficient (Wildman–Crippen LogP) is 3.38. The Kier molecular flexibility index (Phi) is 3.97. The van der Waals surface area contributed by atoms with Gasteiger partial charge in [0.05, 0.1) is 25.5 Å². The zero-order valence-corrected chi connectivity index (χ0v) is 12.3. The van der Waals surface area contributed by atoms with E-state index in [1.807, 2.05) is 0 Å². The van der Waals surface area contributed by atoms with Gasteiger partial charge in [0.1, 0.15) is 5.82 Å². The molecule has 1 aliphatic rings. The Morgan fingerprint density at radius 1 is 1.13 bits per heavy atom. The molecular formula is C17H13F2NO3. The van der Waals surface area contributed by atoms with Crippen molar-refractivity contribution in [3.05, 3.63) is 71.6 Å². The molecule has 0 radical (unpaired) electrons. The summed E-state index contributed by atoms with van der Waals surface area (Å²) in [5, 5.41) is 0. The van der Waals surface area contributed by atoms with Gasteiger partial charge in [-0.05, 0) is 18.2 Å². The largest absolute Gasteiger partial charge is 0.463 e. The van der Waals surface area contributed by atoms with Crippen LogP contribution >= 0.6 is 0 Å². The van der Waals surface area contributed by atoms with Gasteiger partial charge in [0.25, 0.3) is 0 Å². The molecule has 23 heavy (non-hydrogen) atoms. The lowest BCUT2D eigenvalue weighted by atomic mass is 10.1. The lowest BCUT2D eigenvalue weighted by Gasteiger charge is -2.28. The first-order valence-corrected chi connectivity index (χ1v) is 6.86. The number of hydrogen-bond donors (Lipinski definition) is 0. The number of carbonyl (C=O) groups is 1. The number of hydrogen-bond acceptors (Lipinski definition) is 4. The van der Waals surface area contributed by atoms with Gasteiger partial charge in [-0.3, -0.25) is 0 Å². The molecule has 0 aromatic heterocycles. The third-order valence-electron chi connectivity index (χ3n) is 3.43. The minimum atomic E-state index is -0.738. The Morgan fingerprint density at radius 3 is 2.61 bits per heavy atom. The van der Waals surface area contributed by atoms with E-state index in [4.69, 9.17) is 4.74 Å². The van der Waals surface area contributed by atoms with Crippen LogP contribution in [-0.2, 0) is 16.1 Å². The van der Waals surface area contributed by atoms with E-state index in [-0.39, 0.29) is 23.9 Å². The number of benzene rings is 2. The second-order valence-electron chi connectivity index (χ2n) is 4.89. The van der Waals surface area contributed by atoms with Gasteiger partial charge >= 0.3 is 5.97 Å². The quantitative estimate of drug-likeness (QED) is 0.814. The second kappa shape index (κ2) is 6.08. The summed E-state index contributed by atoms with van der Waals surface area (Å²) in [7, 11) is 1.20. The average molecular weight is 317 g/mol. The highest BCUT2D eigenvalue weighted by Crippen LogP contribution is 2.37. The van der Waals surface area contributed by atoms with Crippen molar-refractivity contribution in [1.29, 1.82) is 0 Å². The van der Waals surface area contributed by atoms with E-state index in [1.165, 1.54) is 31.5 Å². The fourth-order valence-electron chi connectivity index (χ4n) is 2.31. The van der Waals surface area contributed by atoms with Gasteiger partial charge in [-0.2, -0.15) is 0 Å². The fourth-order valence-corrected chi connectivity index (χ4v) is 2.31. The summed E-state index contributed by atoms with van der Waals surface area (Å²) in [4.78, 5) is 13.3. The summed E-state index contributed by atoms with van der Waals surface area (Å²) in [5.74, 6) is -1.99. The number of anilines is 1. The smallest absolute Gasteiger partial charge is 0.375 e. The summed E-state index contributed by atoms with van der Waals surface area (Å²) < 4.78 is 37.8. The SMILES string of the molecule is COC(=O)C1=CN(Cc2ccccc2F)c2cccc(F)c2O1. The molecule has 0 saturated heterocycles. The Bertz CT molecular complexity index is 789. The second-order valence-corrected chi connectivity index (χ2v) is 4.89. The molecule has 0 saturated carbocycles. The minimum absolute atomic E-state index is 0.0910. The maximum atomic E-state index is 14.0. The van der Waals surface area contributed by atoms with Crippen LogP contribution in [-0.4, -0.2) is 13.1 Å². The van der Waals surface area contributed by atoms with Gasteiger partial charge < -0.3 is 14.4 Å². The van der Waals surface area contributed by atoms with Crippen LogP contribution in [0.3, 0.4) is 0 Å². The number of esters is 1. The summed E-state index contributed by atoms with van der Waals surface area (Å²) in [5.41, 5.74) is 0.811. The Balaban J connectivity index is 2.03. The predicted molar refractivity (Wildman–Crippen MR) is 79.7 cm³/mol. The van der Waals surface area contributed by atoms with Crippen molar-refractivity contribution in [2.45, 2.75) is 6.54 Å². The van der Waals surface area contributed by atoms with E-state index in [9.17, 15) is 13.6 Å². The molecule has 2 aromatic carbocycles. The number of fused-ring (bicyclic) bond motifs is 1. The van der Waals surface area contributed by atoms with E-state index in [2.05, 4.69) is 4.74 Å². The average Bonchev–Trinajstić information content (AvgIpc) is 2.56. The van der Waals surface area contributed by atoms with Crippen molar-refractivity contribution in [3.8, 4) is 5.75 Å². The number of ether oxygens (including phenoxy) is 2. The maximum absolute atomic E-state index is 14.0. The first kappa shape index (κ1) is 15.0. The molecule has 2 aromatic rings. The summed E-state index contributed by atoms with van der Waals surface area (Å²) in [6, 6.07) is 10.6. The van der Waals surface area contributed by atoms with Crippen molar-refractivity contribution in [2.24, 2.45) is 0 Å². The third-order valence-corrected chi connectivity index (χ3v) is 3.43. The standard InChI is InChI=1S/C17H13F2NO3/c1-22-17(21)15-10-20(9-11-5-2-3-6-12(11)18)14-8-4-7-13(19)16(14)23-15/h2-8,10H,9H2,1H3. The van der Waals surface area contributed by atoms with E-state index < -0.39 is 11.8 Å². The number of para-hydroxylation sites is 1. The highest BCUT2D eigenvalue weighted by molar-refractivity contribution is 5.88. The van der Waals surface area contributed by atoms with Crippen molar-refractivity contribution in [2.75, 3.05) is 12.0 Å². The van der Waals surface area contributed by atoms with E-state index in [0.29, 0.717) is 11.3 Å². The van der Waals surface area contributed by atoms with Gasteiger partial charge in [-0.15, -0.1) is 0 Å². The van der Waals surface area contributed by atoms with Crippen LogP contribution in [0.25, 0.3) is 0 Å². The van der Waals surface area contributed by atoms with Crippen LogP contribution < -0.4 is 9.64 Å². The lowest BCUT2D eigenvalue weighted by Crippen LogP contribution is -2.26. The van der Waals surface area contributed by atoms with Gasteiger partial charge in [0.15, 0.2) is 11.6 Å². The van der Waals surface area contributed by atoms with E-state index in [0.717, 1.165) is 0 Å². The topological polar surface area (TPSA) is 38.8 Å². The minimum Gasteiger partial charge on any atom is -0.463 e. The summed E-state index contributed by atoms with van der Waals surface area (Å²) in [6.07, 6.45) is 1.38. The molecule has 0 unspecified atom stereocenters. The molecule has 0 spiro atoms. The zero-order valence-electron chi connectivity index (χ0n) is 12.3. The van der Waals surface area contributed by atoms with E-state index in [1.54, 1.807) is 29.2 Å².